The number of carbonyl (C=O) groups is 1. The summed E-state index contributed by atoms with van der Waals surface area (Å²) < 4.78 is 44.9. The van der Waals surface area contributed by atoms with Gasteiger partial charge in [0.15, 0.2) is 0 Å². The van der Waals surface area contributed by atoms with Gasteiger partial charge in [0.05, 0.1) is 24.7 Å². The number of carbonyl (C=O) groups excluding carboxylic acids is 1. The van der Waals surface area contributed by atoms with E-state index in [-0.39, 0.29) is 29.1 Å². The molecule has 4 nitrogen and oxygen atoms in total. The summed E-state index contributed by atoms with van der Waals surface area (Å²) in [6.07, 6.45) is -5.11. The molecule has 0 aromatic heterocycles. The average Bonchev–Trinajstić information content (AvgIpc) is 2.31. The second-order valence-electron chi connectivity index (χ2n) is 3.62. The first-order chi connectivity index (χ1) is 9.26. The van der Waals surface area contributed by atoms with Crippen LogP contribution in [0, 0.1) is 11.3 Å². The SMILES string of the molecule is CCOC(=O)Cc1cc(S)c(OC(F)(F)F)cc1C#N. The normalized spacial score (nSPS) is 10.8. The zero-order valence-corrected chi connectivity index (χ0v) is 11.2. The summed E-state index contributed by atoms with van der Waals surface area (Å²) in [6, 6.07) is 3.78. The third-order valence-corrected chi connectivity index (χ3v) is 2.52. The zero-order valence-electron chi connectivity index (χ0n) is 10.3. The lowest BCUT2D eigenvalue weighted by Crippen LogP contribution is -2.18. The fourth-order valence-electron chi connectivity index (χ4n) is 1.44. The Labute approximate surface area is 118 Å². The molecule has 0 heterocycles. The van der Waals surface area contributed by atoms with Gasteiger partial charge in [-0.1, -0.05) is 0 Å². The van der Waals surface area contributed by atoms with Gasteiger partial charge in [-0.3, -0.25) is 4.79 Å². The molecule has 1 aromatic rings. The van der Waals surface area contributed by atoms with Crippen LogP contribution in [0.5, 0.6) is 5.75 Å². The van der Waals surface area contributed by atoms with Crippen molar-refractivity contribution in [1.29, 1.82) is 5.26 Å². The van der Waals surface area contributed by atoms with Crippen LogP contribution in [-0.4, -0.2) is 18.9 Å². The molecule has 20 heavy (non-hydrogen) atoms. The predicted octanol–water partition coefficient (Wildman–Crippen LogP) is 2.85. The number of halogens is 3. The van der Waals surface area contributed by atoms with Crippen molar-refractivity contribution in [2.45, 2.75) is 24.6 Å². The first kappa shape index (κ1) is 16.2. The molecule has 0 bridgehead atoms. The maximum atomic E-state index is 12.2. The molecule has 1 aromatic carbocycles. The molecule has 0 spiro atoms. The maximum absolute atomic E-state index is 12.2. The highest BCUT2D eigenvalue weighted by Crippen LogP contribution is 2.31. The molecular formula is C12H10F3NO3S. The molecule has 0 atom stereocenters. The molecule has 0 saturated carbocycles. The van der Waals surface area contributed by atoms with Crippen molar-refractivity contribution in [3.05, 3.63) is 23.3 Å². The molecule has 0 aliphatic rings. The number of hydrogen-bond donors (Lipinski definition) is 1. The number of esters is 1. The molecule has 108 valence electrons. The molecule has 1 rings (SSSR count). The van der Waals surface area contributed by atoms with Gasteiger partial charge in [0.25, 0.3) is 0 Å². The van der Waals surface area contributed by atoms with Crippen molar-refractivity contribution >= 4 is 18.6 Å². The van der Waals surface area contributed by atoms with E-state index in [1.165, 1.54) is 6.07 Å². The Bertz CT molecular complexity index is 552. The van der Waals surface area contributed by atoms with E-state index < -0.39 is 18.1 Å². The number of hydrogen-bond acceptors (Lipinski definition) is 5. The molecule has 0 amide bonds. The predicted molar refractivity (Wildman–Crippen MR) is 65.4 cm³/mol. The van der Waals surface area contributed by atoms with Crippen LogP contribution < -0.4 is 4.74 Å². The minimum absolute atomic E-state index is 0.102. The van der Waals surface area contributed by atoms with E-state index >= 15 is 0 Å². The number of nitriles is 1. The Morgan fingerprint density at radius 3 is 2.60 bits per heavy atom. The van der Waals surface area contributed by atoms with Crippen LogP contribution in [-0.2, 0) is 16.0 Å². The number of rotatable bonds is 4. The van der Waals surface area contributed by atoms with E-state index in [9.17, 15) is 18.0 Å². The first-order valence-electron chi connectivity index (χ1n) is 5.44. The van der Waals surface area contributed by atoms with Crippen molar-refractivity contribution in [3.63, 3.8) is 0 Å². The van der Waals surface area contributed by atoms with E-state index in [0.29, 0.717) is 0 Å². The van der Waals surface area contributed by atoms with Crippen LogP contribution in [0.1, 0.15) is 18.1 Å². The Balaban J connectivity index is 3.08. The fraction of sp³-hybridized carbons (Fsp3) is 0.333. The van der Waals surface area contributed by atoms with E-state index in [1.54, 1.807) is 13.0 Å². The van der Waals surface area contributed by atoms with Gasteiger partial charge >= 0.3 is 12.3 Å². The van der Waals surface area contributed by atoms with E-state index in [4.69, 9.17) is 10.00 Å². The lowest BCUT2D eigenvalue weighted by molar-refractivity contribution is -0.275. The van der Waals surface area contributed by atoms with Gasteiger partial charge in [-0.2, -0.15) is 5.26 Å². The van der Waals surface area contributed by atoms with E-state index in [0.717, 1.165) is 6.07 Å². The topological polar surface area (TPSA) is 59.3 Å². The third-order valence-electron chi connectivity index (χ3n) is 2.17. The standard InChI is InChI=1S/C12H10F3NO3S/c1-2-18-11(17)5-7-4-10(20)9(3-8(7)6-16)19-12(13,14)15/h3-4,20H,2,5H2,1H3. The molecular weight excluding hydrogens is 295 g/mol. The molecule has 0 fully saturated rings. The Morgan fingerprint density at radius 1 is 1.45 bits per heavy atom. The van der Waals surface area contributed by atoms with Gasteiger partial charge in [-0.05, 0) is 24.6 Å². The summed E-state index contributed by atoms with van der Waals surface area (Å²) in [5.41, 5.74) is 0.126. The lowest BCUT2D eigenvalue weighted by atomic mass is 10.1. The van der Waals surface area contributed by atoms with Crippen LogP contribution in [0.2, 0.25) is 0 Å². The highest BCUT2D eigenvalue weighted by molar-refractivity contribution is 7.80. The maximum Gasteiger partial charge on any atom is 0.573 e. The molecule has 0 saturated heterocycles. The van der Waals surface area contributed by atoms with E-state index in [1.807, 2.05) is 0 Å². The highest BCUT2D eigenvalue weighted by atomic mass is 32.1. The molecule has 8 heteroatoms. The third kappa shape index (κ3) is 4.66. The van der Waals surface area contributed by atoms with Crippen LogP contribution >= 0.6 is 12.6 Å². The quantitative estimate of drug-likeness (QED) is 0.686. The van der Waals surface area contributed by atoms with Crippen molar-refractivity contribution in [1.82, 2.24) is 0 Å². The summed E-state index contributed by atoms with van der Waals surface area (Å²) in [7, 11) is 0. The zero-order chi connectivity index (χ0) is 15.3. The number of ether oxygens (including phenoxy) is 2. The summed E-state index contributed by atoms with van der Waals surface area (Å²) in [5, 5.41) is 8.91. The van der Waals surface area contributed by atoms with Crippen LogP contribution in [0.25, 0.3) is 0 Å². The smallest absolute Gasteiger partial charge is 0.466 e. The van der Waals surface area contributed by atoms with Crippen molar-refractivity contribution in [2.75, 3.05) is 6.61 Å². The number of nitrogens with zero attached hydrogens (tertiary/aromatic N) is 1. The lowest BCUT2D eigenvalue weighted by Gasteiger charge is -2.13. The van der Waals surface area contributed by atoms with Gasteiger partial charge in [0.1, 0.15) is 5.75 Å². The van der Waals surface area contributed by atoms with Gasteiger partial charge in [-0.25, -0.2) is 0 Å². The number of alkyl halides is 3. The molecule has 0 radical (unpaired) electrons. The average molecular weight is 305 g/mol. The summed E-state index contributed by atoms with van der Waals surface area (Å²) in [5.74, 6) is -1.17. The fourth-order valence-corrected chi connectivity index (χ4v) is 1.70. The molecule has 0 aliphatic heterocycles. The van der Waals surface area contributed by atoms with Crippen molar-refractivity contribution in [2.24, 2.45) is 0 Å². The number of benzene rings is 1. The van der Waals surface area contributed by atoms with Gasteiger partial charge in [0.2, 0.25) is 0 Å². The number of thiol groups is 1. The van der Waals surface area contributed by atoms with Crippen LogP contribution in [0.4, 0.5) is 13.2 Å². The van der Waals surface area contributed by atoms with Crippen molar-refractivity contribution < 1.29 is 27.4 Å². The van der Waals surface area contributed by atoms with Gasteiger partial charge in [0, 0.05) is 4.90 Å². The minimum Gasteiger partial charge on any atom is -0.466 e. The van der Waals surface area contributed by atoms with Gasteiger partial charge in [-0.15, -0.1) is 25.8 Å². The largest absolute Gasteiger partial charge is 0.573 e. The highest BCUT2D eigenvalue weighted by Gasteiger charge is 2.32. The van der Waals surface area contributed by atoms with E-state index in [2.05, 4.69) is 17.4 Å². The summed E-state index contributed by atoms with van der Waals surface area (Å²) in [4.78, 5) is 11.2. The Morgan fingerprint density at radius 2 is 2.10 bits per heavy atom. The first-order valence-corrected chi connectivity index (χ1v) is 5.89. The molecule has 0 aliphatic carbocycles. The van der Waals surface area contributed by atoms with Crippen LogP contribution in [0.3, 0.4) is 0 Å². The Kier molecular flexibility index (Phi) is 5.27. The Hall–Kier alpha value is -1.88. The molecule has 0 N–H and O–H groups in total. The summed E-state index contributed by atoms with van der Waals surface area (Å²) in [6.45, 7) is 1.79. The second kappa shape index (κ2) is 6.52. The molecule has 0 unspecified atom stereocenters. The van der Waals surface area contributed by atoms with Gasteiger partial charge < -0.3 is 9.47 Å². The minimum atomic E-state index is -4.88. The monoisotopic (exact) mass is 305 g/mol. The van der Waals surface area contributed by atoms with Crippen LogP contribution in [0.15, 0.2) is 17.0 Å². The second-order valence-corrected chi connectivity index (χ2v) is 4.10. The van der Waals surface area contributed by atoms with Crippen molar-refractivity contribution in [3.8, 4) is 11.8 Å². The summed E-state index contributed by atoms with van der Waals surface area (Å²) >= 11 is 3.85.